The van der Waals surface area contributed by atoms with Gasteiger partial charge in [-0.05, 0) is 64.4 Å². The van der Waals surface area contributed by atoms with Crippen LogP contribution >= 0.6 is 0 Å². The topological polar surface area (TPSA) is 80.0 Å². The fourth-order valence-corrected chi connectivity index (χ4v) is 4.69. The standard InChI is InChI=1S/C29H29FN4O/c1-28(2,3)22-11-9-19(10-12-22)25-26(35)34(5)27(32)33-29(25,4)23-8-6-7-20(15-23)21-13-18(17-31)14-24(30)16-21/h6-16,25H,1-5H3,(H2,32,33)/t25-,29-/m1/s1. The van der Waals surface area contributed by atoms with E-state index in [2.05, 4.69) is 38.2 Å². The summed E-state index contributed by atoms with van der Waals surface area (Å²) in [6.45, 7) is 8.35. The van der Waals surface area contributed by atoms with Crippen molar-refractivity contribution in [2.24, 2.45) is 0 Å². The van der Waals surface area contributed by atoms with Gasteiger partial charge in [-0.1, -0.05) is 63.2 Å². The maximum atomic E-state index is 14.1. The first kappa shape index (κ1) is 24.2. The van der Waals surface area contributed by atoms with E-state index < -0.39 is 17.3 Å². The Bertz CT molecular complexity index is 1350. The van der Waals surface area contributed by atoms with Crippen LogP contribution in [0, 0.1) is 22.6 Å². The largest absolute Gasteiger partial charge is 0.346 e. The van der Waals surface area contributed by atoms with Crippen molar-refractivity contribution in [3.8, 4) is 17.2 Å². The summed E-state index contributed by atoms with van der Waals surface area (Å²) >= 11 is 0. The lowest BCUT2D eigenvalue weighted by Crippen LogP contribution is -2.62. The van der Waals surface area contributed by atoms with Gasteiger partial charge in [-0.15, -0.1) is 0 Å². The van der Waals surface area contributed by atoms with Crippen molar-refractivity contribution in [3.05, 3.63) is 94.8 Å². The number of carbonyl (C=O) groups excluding carboxylic acids is 1. The van der Waals surface area contributed by atoms with Crippen molar-refractivity contribution in [3.63, 3.8) is 0 Å². The molecule has 0 unspecified atom stereocenters. The van der Waals surface area contributed by atoms with Gasteiger partial charge in [0.05, 0.1) is 23.1 Å². The summed E-state index contributed by atoms with van der Waals surface area (Å²) in [5, 5.41) is 20.9. The van der Waals surface area contributed by atoms with Crippen LogP contribution in [-0.2, 0) is 15.7 Å². The van der Waals surface area contributed by atoms with E-state index in [1.165, 1.54) is 22.6 Å². The molecule has 5 nitrogen and oxygen atoms in total. The van der Waals surface area contributed by atoms with Crippen LogP contribution in [0.3, 0.4) is 0 Å². The molecule has 1 amide bonds. The number of benzene rings is 3. The average molecular weight is 469 g/mol. The lowest BCUT2D eigenvalue weighted by atomic mass is 9.72. The third kappa shape index (κ3) is 4.42. The van der Waals surface area contributed by atoms with Crippen molar-refractivity contribution < 1.29 is 9.18 Å². The van der Waals surface area contributed by atoms with Gasteiger partial charge in [0.2, 0.25) is 5.91 Å². The molecule has 6 heteroatoms. The molecule has 1 heterocycles. The summed E-state index contributed by atoms with van der Waals surface area (Å²) in [7, 11) is 1.60. The van der Waals surface area contributed by atoms with Crippen LogP contribution in [0.15, 0.2) is 66.7 Å². The van der Waals surface area contributed by atoms with E-state index in [1.54, 1.807) is 13.1 Å². The number of likely N-dealkylation sites (N-methyl/N-ethyl adjacent to an activating group) is 1. The maximum absolute atomic E-state index is 14.1. The Labute approximate surface area is 205 Å². The van der Waals surface area contributed by atoms with Crippen LogP contribution in [0.4, 0.5) is 4.39 Å². The zero-order chi connectivity index (χ0) is 25.5. The van der Waals surface area contributed by atoms with Crippen LogP contribution in [0.1, 0.15) is 55.9 Å². The second kappa shape index (κ2) is 8.66. The van der Waals surface area contributed by atoms with Gasteiger partial charge in [-0.3, -0.25) is 15.1 Å². The van der Waals surface area contributed by atoms with Crippen LogP contribution in [0.25, 0.3) is 11.1 Å². The number of hydrogen-bond acceptors (Lipinski definition) is 3. The Morgan fingerprint density at radius 3 is 2.37 bits per heavy atom. The van der Waals surface area contributed by atoms with Crippen LogP contribution in [-0.4, -0.2) is 23.8 Å². The lowest BCUT2D eigenvalue weighted by molar-refractivity contribution is -0.131. The Hall–Kier alpha value is -3.98. The molecule has 1 saturated heterocycles. The first-order valence-electron chi connectivity index (χ1n) is 11.5. The highest BCUT2D eigenvalue weighted by molar-refractivity contribution is 6.02. The first-order chi connectivity index (χ1) is 16.4. The molecular formula is C29H29FN4O. The van der Waals surface area contributed by atoms with Crippen LogP contribution in [0.5, 0.6) is 0 Å². The molecule has 2 N–H and O–H groups in total. The van der Waals surface area contributed by atoms with Gasteiger partial charge in [0.15, 0.2) is 5.96 Å². The molecule has 1 aliphatic rings. The molecule has 3 aromatic rings. The summed E-state index contributed by atoms with van der Waals surface area (Å²) in [6.07, 6.45) is 0. The van der Waals surface area contributed by atoms with Crippen molar-refractivity contribution >= 4 is 11.9 Å². The van der Waals surface area contributed by atoms with Gasteiger partial charge in [-0.2, -0.15) is 5.26 Å². The van der Waals surface area contributed by atoms with Gasteiger partial charge in [-0.25, -0.2) is 4.39 Å². The molecule has 35 heavy (non-hydrogen) atoms. The smallest absolute Gasteiger partial charge is 0.239 e. The highest BCUT2D eigenvalue weighted by Crippen LogP contribution is 2.42. The van der Waals surface area contributed by atoms with Gasteiger partial charge in [0.1, 0.15) is 5.82 Å². The number of nitriles is 1. The second-order valence-corrected chi connectivity index (χ2v) is 10.3. The van der Waals surface area contributed by atoms with E-state index in [4.69, 9.17) is 5.41 Å². The number of carbonyl (C=O) groups is 1. The zero-order valence-corrected chi connectivity index (χ0v) is 20.6. The average Bonchev–Trinajstić information content (AvgIpc) is 2.82. The normalized spacial score (nSPS) is 20.4. The Balaban J connectivity index is 1.84. The van der Waals surface area contributed by atoms with Gasteiger partial charge < -0.3 is 5.32 Å². The van der Waals surface area contributed by atoms with E-state index in [9.17, 15) is 14.4 Å². The summed E-state index contributed by atoms with van der Waals surface area (Å²) in [5.74, 6) is -1.24. The fourth-order valence-electron chi connectivity index (χ4n) is 4.69. The number of hydrogen-bond donors (Lipinski definition) is 2. The lowest BCUT2D eigenvalue weighted by Gasteiger charge is -2.46. The van der Waals surface area contributed by atoms with E-state index in [-0.39, 0.29) is 22.8 Å². The Kier molecular flexibility index (Phi) is 5.98. The molecule has 3 aromatic carbocycles. The molecular weight excluding hydrogens is 439 g/mol. The molecule has 1 aliphatic heterocycles. The number of halogens is 1. The van der Waals surface area contributed by atoms with Crippen LogP contribution in [0.2, 0.25) is 0 Å². The molecule has 2 atom stereocenters. The van der Waals surface area contributed by atoms with E-state index in [0.29, 0.717) is 5.56 Å². The van der Waals surface area contributed by atoms with Gasteiger partial charge in [0.25, 0.3) is 0 Å². The molecule has 0 bridgehead atoms. The number of guanidine groups is 1. The molecule has 0 radical (unpaired) electrons. The minimum absolute atomic E-state index is 0.0167. The molecule has 0 spiro atoms. The Morgan fingerprint density at radius 2 is 1.74 bits per heavy atom. The number of amides is 1. The fraction of sp³-hybridized carbons (Fsp3) is 0.276. The first-order valence-corrected chi connectivity index (χ1v) is 11.5. The minimum atomic E-state index is -0.925. The third-order valence-corrected chi connectivity index (χ3v) is 6.80. The Morgan fingerprint density at radius 1 is 1.06 bits per heavy atom. The molecule has 1 fully saturated rings. The maximum Gasteiger partial charge on any atom is 0.239 e. The van der Waals surface area contributed by atoms with E-state index >= 15 is 0 Å². The summed E-state index contributed by atoms with van der Waals surface area (Å²) in [4.78, 5) is 14.9. The minimum Gasteiger partial charge on any atom is -0.346 e. The number of nitrogens with zero attached hydrogens (tertiary/aromatic N) is 2. The third-order valence-electron chi connectivity index (χ3n) is 6.80. The molecule has 0 aromatic heterocycles. The highest BCUT2D eigenvalue weighted by atomic mass is 19.1. The summed E-state index contributed by atoms with van der Waals surface area (Å²) in [5.41, 5.74) is 3.40. The molecule has 4 rings (SSSR count). The van der Waals surface area contributed by atoms with Crippen molar-refractivity contribution in [2.75, 3.05) is 7.05 Å². The van der Waals surface area contributed by atoms with E-state index in [1.807, 2.05) is 49.4 Å². The second-order valence-electron chi connectivity index (χ2n) is 10.3. The predicted octanol–water partition coefficient (Wildman–Crippen LogP) is 5.66. The van der Waals surface area contributed by atoms with E-state index in [0.717, 1.165) is 16.7 Å². The molecule has 178 valence electrons. The van der Waals surface area contributed by atoms with Gasteiger partial charge >= 0.3 is 0 Å². The summed E-state index contributed by atoms with van der Waals surface area (Å²) < 4.78 is 14.1. The van der Waals surface area contributed by atoms with Crippen LogP contribution < -0.4 is 5.32 Å². The zero-order valence-electron chi connectivity index (χ0n) is 20.6. The molecule has 0 aliphatic carbocycles. The molecule has 0 saturated carbocycles. The monoisotopic (exact) mass is 468 g/mol. The van der Waals surface area contributed by atoms with Gasteiger partial charge in [0, 0.05) is 7.05 Å². The SMILES string of the molecule is CN1C(=N)N[C@](C)(c2cccc(-c3cc(F)cc(C#N)c3)c2)[C@H](c2ccc(C(C)(C)C)cc2)C1=O. The summed E-state index contributed by atoms with van der Waals surface area (Å²) in [6, 6.07) is 21.8. The van der Waals surface area contributed by atoms with Crippen molar-refractivity contribution in [2.45, 2.75) is 44.6 Å². The highest BCUT2D eigenvalue weighted by Gasteiger charge is 2.48. The van der Waals surface area contributed by atoms with Crippen molar-refractivity contribution in [1.82, 2.24) is 10.2 Å². The quantitative estimate of drug-likeness (QED) is 0.521. The number of nitrogens with one attached hydrogen (secondary N) is 2. The van der Waals surface area contributed by atoms with Crippen molar-refractivity contribution in [1.29, 1.82) is 10.7 Å². The predicted molar refractivity (Wildman–Crippen MR) is 135 cm³/mol. The number of rotatable bonds is 3.